The molecule has 2 rings (SSSR count). The standard InChI is InChI=1S/C13H24BrN/c14-9-10-15(13-7-3-4-8-13)11-12-5-1-2-6-12/h12-13H,1-11H2. The van der Waals surface area contributed by atoms with Gasteiger partial charge < -0.3 is 0 Å². The molecule has 2 fully saturated rings. The second kappa shape index (κ2) is 6.24. The molecule has 0 aliphatic heterocycles. The maximum Gasteiger partial charge on any atom is 0.0159 e. The fourth-order valence-corrected chi connectivity index (χ4v) is 3.78. The summed E-state index contributed by atoms with van der Waals surface area (Å²) in [7, 11) is 0. The molecule has 0 bridgehead atoms. The zero-order valence-corrected chi connectivity index (χ0v) is 11.3. The Balaban J connectivity index is 1.81. The molecule has 0 heterocycles. The van der Waals surface area contributed by atoms with Gasteiger partial charge in [0, 0.05) is 24.5 Å². The molecule has 0 spiro atoms. The Labute approximate surface area is 103 Å². The number of hydrogen-bond donors (Lipinski definition) is 0. The minimum absolute atomic E-state index is 0.920. The summed E-state index contributed by atoms with van der Waals surface area (Å²) in [6.07, 6.45) is 11.8. The van der Waals surface area contributed by atoms with Crippen molar-refractivity contribution in [3.63, 3.8) is 0 Å². The lowest BCUT2D eigenvalue weighted by atomic mass is 10.1. The summed E-state index contributed by atoms with van der Waals surface area (Å²) in [5, 5.41) is 1.15. The van der Waals surface area contributed by atoms with E-state index in [4.69, 9.17) is 0 Å². The molecule has 0 aromatic heterocycles. The fourth-order valence-electron chi connectivity index (χ4n) is 3.33. The van der Waals surface area contributed by atoms with Crippen LogP contribution in [0.5, 0.6) is 0 Å². The van der Waals surface area contributed by atoms with Crippen LogP contribution in [0.1, 0.15) is 51.4 Å². The second-order valence-electron chi connectivity index (χ2n) is 5.27. The van der Waals surface area contributed by atoms with E-state index in [9.17, 15) is 0 Å². The number of rotatable bonds is 5. The third kappa shape index (κ3) is 3.45. The van der Waals surface area contributed by atoms with Crippen LogP contribution in [0.4, 0.5) is 0 Å². The van der Waals surface area contributed by atoms with Gasteiger partial charge in [-0.2, -0.15) is 0 Å². The quantitative estimate of drug-likeness (QED) is 0.689. The molecule has 2 aliphatic rings. The van der Waals surface area contributed by atoms with Gasteiger partial charge in [0.15, 0.2) is 0 Å². The highest BCUT2D eigenvalue weighted by atomic mass is 79.9. The molecule has 2 heteroatoms. The Morgan fingerprint density at radius 3 is 2.13 bits per heavy atom. The Kier molecular flexibility index (Phi) is 4.96. The number of alkyl halides is 1. The predicted molar refractivity (Wildman–Crippen MR) is 69.6 cm³/mol. The summed E-state index contributed by atoms with van der Waals surface area (Å²) in [5.74, 6) is 1.02. The lowest BCUT2D eigenvalue weighted by molar-refractivity contribution is 0.180. The molecule has 0 saturated heterocycles. The van der Waals surface area contributed by atoms with E-state index in [0.29, 0.717) is 0 Å². The van der Waals surface area contributed by atoms with E-state index in [-0.39, 0.29) is 0 Å². The predicted octanol–water partition coefficient (Wildman–Crippen LogP) is 3.82. The van der Waals surface area contributed by atoms with E-state index >= 15 is 0 Å². The van der Waals surface area contributed by atoms with E-state index in [2.05, 4.69) is 20.8 Å². The van der Waals surface area contributed by atoms with E-state index in [1.54, 1.807) is 0 Å². The molecule has 2 saturated carbocycles. The van der Waals surface area contributed by atoms with Crippen molar-refractivity contribution in [3.8, 4) is 0 Å². The molecule has 0 N–H and O–H groups in total. The van der Waals surface area contributed by atoms with E-state index in [1.807, 2.05) is 0 Å². The molecule has 0 unspecified atom stereocenters. The van der Waals surface area contributed by atoms with Crippen molar-refractivity contribution in [1.29, 1.82) is 0 Å². The van der Waals surface area contributed by atoms with Gasteiger partial charge in [0.25, 0.3) is 0 Å². The van der Waals surface area contributed by atoms with Gasteiger partial charge in [0.2, 0.25) is 0 Å². The molecule has 88 valence electrons. The van der Waals surface area contributed by atoms with Crippen molar-refractivity contribution in [2.45, 2.75) is 57.4 Å². The summed E-state index contributed by atoms with van der Waals surface area (Å²) >= 11 is 3.60. The van der Waals surface area contributed by atoms with Crippen LogP contribution in [0.2, 0.25) is 0 Å². The monoisotopic (exact) mass is 273 g/mol. The molecule has 0 atom stereocenters. The van der Waals surface area contributed by atoms with Gasteiger partial charge >= 0.3 is 0 Å². The Hall–Kier alpha value is 0.440. The number of hydrogen-bond acceptors (Lipinski definition) is 1. The summed E-state index contributed by atoms with van der Waals surface area (Å²) in [6.45, 7) is 2.65. The molecule has 0 radical (unpaired) electrons. The SMILES string of the molecule is BrCCN(CC1CCCC1)C1CCCC1. The molecular formula is C13H24BrN. The van der Waals surface area contributed by atoms with Crippen molar-refractivity contribution < 1.29 is 0 Å². The van der Waals surface area contributed by atoms with Crippen molar-refractivity contribution in [2.24, 2.45) is 5.92 Å². The average Bonchev–Trinajstić information content (AvgIpc) is 2.89. The highest BCUT2D eigenvalue weighted by Gasteiger charge is 2.25. The first-order chi connectivity index (χ1) is 7.40. The van der Waals surface area contributed by atoms with Gasteiger partial charge in [-0.25, -0.2) is 0 Å². The number of halogens is 1. The Bertz CT molecular complexity index is 171. The lowest BCUT2D eigenvalue weighted by Gasteiger charge is -2.30. The van der Waals surface area contributed by atoms with Gasteiger partial charge in [-0.05, 0) is 31.6 Å². The van der Waals surface area contributed by atoms with Crippen LogP contribution in [0.3, 0.4) is 0 Å². The van der Waals surface area contributed by atoms with E-state index < -0.39 is 0 Å². The molecule has 2 aliphatic carbocycles. The van der Waals surface area contributed by atoms with Crippen molar-refractivity contribution in [2.75, 3.05) is 18.4 Å². The van der Waals surface area contributed by atoms with Gasteiger partial charge in [0.05, 0.1) is 0 Å². The summed E-state index contributed by atoms with van der Waals surface area (Å²) in [5.41, 5.74) is 0. The van der Waals surface area contributed by atoms with Crippen LogP contribution in [0, 0.1) is 5.92 Å². The maximum absolute atomic E-state index is 3.60. The maximum atomic E-state index is 3.60. The minimum Gasteiger partial charge on any atom is -0.299 e. The second-order valence-corrected chi connectivity index (χ2v) is 6.07. The topological polar surface area (TPSA) is 3.24 Å². The molecule has 0 aromatic rings. The van der Waals surface area contributed by atoms with E-state index in [1.165, 1.54) is 64.5 Å². The first-order valence-corrected chi connectivity index (χ1v) is 7.82. The van der Waals surface area contributed by atoms with Gasteiger partial charge in [-0.3, -0.25) is 4.90 Å². The first kappa shape index (κ1) is 11.9. The third-order valence-corrected chi connectivity index (χ3v) is 4.53. The smallest absolute Gasteiger partial charge is 0.0159 e. The van der Waals surface area contributed by atoms with Crippen molar-refractivity contribution >= 4 is 15.9 Å². The van der Waals surface area contributed by atoms with Gasteiger partial charge in [-0.15, -0.1) is 0 Å². The minimum atomic E-state index is 0.920. The fraction of sp³-hybridized carbons (Fsp3) is 1.00. The van der Waals surface area contributed by atoms with Gasteiger partial charge in [0.1, 0.15) is 0 Å². The highest BCUT2D eigenvalue weighted by Crippen LogP contribution is 2.29. The Morgan fingerprint density at radius 1 is 0.933 bits per heavy atom. The zero-order chi connectivity index (χ0) is 10.5. The molecule has 1 nitrogen and oxygen atoms in total. The van der Waals surface area contributed by atoms with Crippen LogP contribution in [0.15, 0.2) is 0 Å². The largest absolute Gasteiger partial charge is 0.299 e. The average molecular weight is 274 g/mol. The van der Waals surface area contributed by atoms with Gasteiger partial charge in [-0.1, -0.05) is 41.6 Å². The molecular weight excluding hydrogens is 250 g/mol. The molecule has 0 aromatic carbocycles. The van der Waals surface area contributed by atoms with Crippen LogP contribution in [0.25, 0.3) is 0 Å². The summed E-state index contributed by atoms with van der Waals surface area (Å²) < 4.78 is 0. The molecule has 15 heavy (non-hydrogen) atoms. The summed E-state index contributed by atoms with van der Waals surface area (Å²) in [6, 6.07) is 0.920. The third-order valence-electron chi connectivity index (χ3n) is 4.18. The Morgan fingerprint density at radius 2 is 1.53 bits per heavy atom. The zero-order valence-electron chi connectivity index (χ0n) is 9.76. The number of nitrogens with zero attached hydrogens (tertiary/aromatic N) is 1. The molecule has 0 amide bonds. The van der Waals surface area contributed by atoms with Crippen LogP contribution < -0.4 is 0 Å². The van der Waals surface area contributed by atoms with Crippen LogP contribution >= 0.6 is 15.9 Å². The van der Waals surface area contributed by atoms with Crippen LogP contribution in [-0.4, -0.2) is 29.4 Å². The van der Waals surface area contributed by atoms with Crippen molar-refractivity contribution in [3.05, 3.63) is 0 Å². The van der Waals surface area contributed by atoms with E-state index in [0.717, 1.165) is 17.3 Å². The normalized spacial score (nSPS) is 24.4. The first-order valence-electron chi connectivity index (χ1n) is 6.70. The van der Waals surface area contributed by atoms with Crippen LogP contribution in [-0.2, 0) is 0 Å². The highest BCUT2D eigenvalue weighted by molar-refractivity contribution is 9.09. The summed E-state index contributed by atoms with van der Waals surface area (Å²) in [4.78, 5) is 2.78. The lowest BCUT2D eigenvalue weighted by Crippen LogP contribution is -2.38. The van der Waals surface area contributed by atoms with Crippen molar-refractivity contribution in [1.82, 2.24) is 4.90 Å².